The van der Waals surface area contributed by atoms with E-state index in [0.29, 0.717) is 18.8 Å². The Balaban J connectivity index is 1.84. The molecule has 2 aromatic rings. The van der Waals surface area contributed by atoms with Gasteiger partial charge in [-0.1, -0.05) is 30.3 Å². The highest BCUT2D eigenvalue weighted by atomic mass is 32.2. The van der Waals surface area contributed by atoms with Crippen LogP contribution in [0.1, 0.15) is 11.5 Å². The van der Waals surface area contributed by atoms with Gasteiger partial charge in [0.1, 0.15) is 5.75 Å². The Morgan fingerprint density at radius 1 is 1.04 bits per heavy atom. The number of ether oxygens (including phenoxy) is 1. The molecule has 0 saturated carbocycles. The summed E-state index contributed by atoms with van der Waals surface area (Å²) in [5.74, 6) is 0.647. The second kappa shape index (κ2) is 6.31. The minimum atomic E-state index is -3.54. The van der Waals surface area contributed by atoms with Crippen LogP contribution in [0.2, 0.25) is 0 Å². The van der Waals surface area contributed by atoms with Crippen LogP contribution in [0.5, 0.6) is 5.75 Å². The molecular formula is C17H20N2O3S. The average Bonchev–Trinajstić information content (AvgIpc) is 2.98. The van der Waals surface area contributed by atoms with E-state index >= 15 is 0 Å². The molecule has 0 radical (unpaired) electrons. The number of methoxy groups -OCH3 is 1. The molecule has 1 heterocycles. The van der Waals surface area contributed by atoms with E-state index in [1.165, 1.54) is 4.31 Å². The molecule has 2 aromatic carbocycles. The van der Waals surface area contributed by atoms with Gasteiger partial charge in [0.05, 0.1) is 12.0 Å². The van der Waals surface area contributed by atoms with Gasteiger partial charge in [-0.3, -0.25) is 0 Å². The minimum absolute atomic E-state index is 0.0178. The zero-order chi connectivity index (χ0) is 16.4. The number of hydrogen-bond donors (Lipinski definition) is 1. The number of benzene rings is 2. The van der Waals surface area contributed by atoms with E-state index in [9.17, 15) is 8.42 Å². The van der Waals surface area contributed by atoms with E-state index in [-0.39, 0.29) is 16.9 Å². The number of nitrogens with two attached hydrogens (primary N) is 1. The zero-order valence-electron chi connectivity index (χ0n) is 12.9. The van der Waals surface area contributed by atoms with Crippen LogP contribution >= 0.6 is 0 Å². The molecule has 1 aliphatic rings. The van der Waals surface area contributed by atoms with Gasteiger partial charge in [-0.05, 0) is 29.8 Å². The highest BCUT2D eigenvalue weighted by Gasteiger charge is 2.38. The maximum absolute atomic E-state index is 12.8. The lowest BCUT2D eigenvalue weighted by Crippen LogP contribution is -2.32. The van der Waals surface area contributed by atoms with Crippen LogP contribution in [0, 0.1) is 0 Å². The zero-order valence-corrected chi connectivity index (χ0v) is 13.7. The third-order valence-corrected chi connectivity index (χ3v) is 6.10. The van der Waals surface area contributed by atoms with Crippen LogP contribution in [0.4, 0.5) is 0 Å². The lowest BCUT2D eigenvalue weighted by Gasteiger charge is -2.17. The van der Waals surface area contributed by atoms with Gasteiger partial charge in [-0.25, -0.2) is 8.42 Å². The van der Waals surface area contributed by atoms with Crippen molar-refractivity contribution >= 4 is 10.0 Å². The monoisotopic (exact) mass is 332 g/mol. The molecule has 0 aromatic heterocycles. The number of rotatable bonds is 4. The Hall–Kier alpha value is -1.89. The summed E-state index contributed by atoms with van der Waals surface area (Å²) in [5, 5.41) is 0. The first-order valence-corrected chi connectivity index (χ1v) is 8.91. The van der Waals surface area contributed by atoms with Gasteiger partial charge in [-0.15, -0.1) is 0 Å². The van der Waals surface area contributed by atoms with Gasteiger partial charge in [0.15, 0.2) is 0 Å². The minimum Gasteiger partial charge on any atom is -0.497 e. The Labute approximate surface area is 136 Å². The maximum atomic E-state index is 12.8. The van der Waals surface area contributed by atoms with Gasteiger partial charge < -0.3 is 10.5 Å². The van der Waals surface area contributed by atoms with Crippen LogP contribution in [-0.4, -0.2) is 39.0 Å². The van der Waals surface area contributed by atoms with Gasteiger partial charge in [-0.2, -0.15) is 4.31 Å². The normalized spacial score (nSPS) is 22.2. The first-order chi connectivity index (χ1) is 11.0. The van der Waals surface area contributed by atoms with Crippen LogP contribution < -0.4 is 10.5 Å². The van der Waals surface area contributed by atoms with Crippen molar-refractivity contribution in [3.05, 3.63) is 60.2 Å². The van der Waals surface area contributed by atoms with Crippen molar-refractivity contribution in [3.8, 4) is 5.75 Å². The Morgan fingerprint density at radius 2 is 1.70 bits per heavy atom. The molecule has 0 aliphatic carbocycles. The summed E-state index contributed by atoms with van der Waals surface area (Å²) >= 11 is 0. The molecule has 6 heteroatoms. The summed E-state index contributed by atoms with van der Waals surface area (Å²) in [7, 11) is -1.99. The summed E-state index contributed by atoms with van der Waals surface area (Å²) < 4.78 is 32.1. The molecule has 3 rings (SSSR count). The fourth-order valence-electron chi connectivity index (χ4n) is 2.94. The van der Waals surface area contributed by atoms with Crippen molar-refractivity contribution in [3.63, 3.8) is 0 Å². The van der Waals surface area contributed by atoms with E-state index in [1.807, 2.05) is 30.3 Å². The molecule has 0 bridgehead atoms. The van der Waals surface area contributed by atoms with Crippen molar-refractivity contribution in [1.29, 1.82) is 0 Å². The topological polar surface area (TPSA) is 72.6 Å². The molecule has 0 spiro atoms. The van der Waals surface area contributed by atoms with Crippen molar-refractivity contribution < 1.29 is 13.2 Å². The first-order valence-electron chi connectivity index (χ1n) is 7.47. The highest BCUT2D eigenvalue weighted by molar-refractivity contribution is 7.89. The molecule has 23 heavy (non-hydrogen) atoms. The molecule has 2 N–H and O–H groups in total. The molecule has 2 atom stereocenters. The molecule has 0 amide bonds. The molecular weight excluding hydrogens is 312 g/mol. The Bertz CT molecular complexity index is 760. The summed E-state index contributed by atoms with van der Waals surface area (Å²) in [6.07, 6.45) is 0. The molecule has 1 saturated heterocycles. The maximum Gasteiger partial charge on any atom is 0.243 e. The lowest BCUT2D eigenvalue weighted by molar-refractivity contribution is 0.414. The van der Waals surface area contributed by atoms with Crippen molar-refractivity contribution in [1.82, 2.24) is 4.31 Å². The summed E-state index contributed by atoms with van der Waals surface area (Å²) in [4.78, 5) is 0.263. The molecule has 122 valence electrons. The van der Waals surface area contributed by atoms with Crippen LogP contribution in [0.3, 0.4) is 0 Å². The van der Waals surface area contributed by atoms with Crippen molar-refractivity contribution in [2.45, 2.75) is 16.9 Å². The second-order valence-electron chi connectivity index (χ2n) is 5.68. The fraction of sp³-hybridized carbons (Fsp3) is 0.294. The third kappa shape index (κ3) is 3.10. The van der Waals surface area contributed by atoms with Crippen molar-refractivity contribution in [2.75, 3.05) is 20.2 Å². The van der Waals surface area contributed by atoms with E-state index in [1.54, 1.807) is 31.4 Å². The van der Waals surface area contributed by atoms with Crippen LogP contribution in [0.25, 0.3) is 0 Å². The smallest absolute Gasteiger partial charge is 0.243 e. The Morgan fingerprint density at radius 3 is 2.30 bits per heavy atom. The number of hydrogen-bond acceptors (Lipinski definition) is 4. The van der Waals surface area contributed by atoms with E-state index in [0.717, 1.165) is 5.56 Å². The predicted molar refractivity (Wildman–Crippen MR) is 88.9 cm³/mol. The summed E-state index contributed by atoms with van der Waals surface area (Å²) in [5.41, 5.74) is 7.27. The van der Waals surface area contributed by atoms with Gasteiger partial charge >= 0.3 is 0 Å². The van der Waals surface area contributed by atoms with Gasteiger partial charge in [0.25, 0.3) is 0 Å². The summed E-state index contributed by atoms with van der Waals surface area (Å²) in [6, 6.07) is 16.1. The van der Waals surface area contributed by atoms with E-state index < -0.39 is 10.0 Å². The number of sulfonamides is 1. The highest BCUT2D eigenvalue weighted by Crippen LogP contribution is 2.30. The van der Waals surface area contributed by atoms with Crippen LogP contribution in [-0.2, 0) is 10.0 Å². The molecule has 5 nitrogen and oxygen atoms in total. The van der Waals surface area contributed by atoms with Crippen LogP contribution in [0.15, 0.2) is 59.5 Å². The Kier molecular flexibility index (Phi) is 4.39. The second-order valence-corrected chi connectivity index (χ2v) is 7.62. The molecule has 1 aliphatic heterocycles. The average molecular weight is 332 g/mol. The van der Waals surface area contributed by atoms with Gasteiger partial charge in [0.2, 0.25) is 10.0 Å². The first kappa shape index (κ1) is 16.0. The third-order valence-electron chi connectivity index (χ3n) is 4.26. The predicted octanol–water partition coefficient (Wildman–Crippen LogP) is 1.81. The quantitative estimate of drug-likeness (QED) is 0.927. The van der Waals surface area contributed by atoms with Crippen molar-refractivity contribution in [2.24, 2.45) is 5.73 Å². The van der Waals surface area contributed by atoms with Gasteiger partial charge in [0, 0.05) is 25.0 Å². The molecule has 0 unspecified atom stereocenters. The van der Waals surface area contributed by atoms with E-state index in [4.69, 9.17) is 10.5 Å². The summed E-state index contributed by atoms with van der Waals surface area (Å²) in [6.45, 7) is 0.730. The SMILES string of the molecule is COc1ccc(S(=O)(=O)N2C[C@H](c3ccccc3)[C@@H](N)C2)cc1. The number of nitrogens with zero attached hydrogens (tertiary/aromatic N) is 1. The largest absolute Gasteiger partial charge is 0.497 e. The molecule has 1 fully saturated rings. The lowest BCUT2D eigenvalue weighted by atomic mass is 9.95. The standard InChI is InChI=1S/C17H20N2O3S/c1-22-14-7-9-15(10-8-14)23(20,21)19-11-16(17(18)12-19)13-5-3-2-4-6-13/h2-10,16-17H,11-12,18H2,1H3/t16-,17+/m1/s1. The fourth-order valence-corrected chi connectivity index (χ4v) is 4.44. The van der Waals surface area contributed by atoms with E-state index in [2.05, 4.69) is 0 Å².